The lowest BCUT2D eigenvalue weighted by atomic mass is 9.93. The van der Waals surface area contributed by atoms with Crippen molar-refractivity contribution in [2.24, 2.45) is 11.7 Å². The molecule has 1 unspecified atom stereocenters. The standard InChI is InChI=1S/C12H22N2O2/c1-14-12(11(13)15,9-6-7-9)8-16-10-4-2-3-5-10/h9-10,14H,2-8H2,1H3,(H2,13,15). The summed E-state index contributed by atoms with van der Waals surface area (Å²) < 4.78 is 5.86. The van der Waals surface area contributed by atoms with Crippen LogP contribution in [0, 0.1) is 5.92 Å². The summed E-state index contributed by atoms with van der Waals surface area (Å²) in [4.78, 5) is 11.6. The van der Waals surface area contributed by atoms with Gasteiger partial charge in [-0.1, -0.05) is 12.8 Å². The lowest BCUT2D eigenvalue weighted by molar-refractivity contribution is -0.129. The fourth-order valence-corrected chi connectivity index (χ4v) is 2.67. The van der Waals surface area contributed by atoms with Gasteiger partial charge in [0.2, 0.25) is 5.91 Å². The van der Waals surface area contributed by atoms with Crippen LogP contribution in [0.4, 0.5) is 0 Å². The first kappa shape index (κ1) is 11.9. The van der Waals surface area contributed by atoms with Crippen molar-refractivity contribution >= 4 is 5.91 Å². The van der Waals surface area contributed by atoms with Gasteiger partial charge in [-0.2, -0.15) is 0 Å². The first-order valence-electron chi connectivity index (χ1n) is 6.29. The molecule has 2 aliphatic rings. The summed E-state index contributed by atoms with van der Waals surface area (Å²) in [5.74, 6) is 0.104. The van der Waals surface area contributed by atoms with Gasteiger partial charge in [-0.05, 0) is 38.6 Å². The number of rotatable bonds is 6. The van der Waals surface area contributed by atoms with Crippen molar-refractivity contribution < 1.29 is 9.53 Å². The first-order chi connectivity index (χ1) is 7.69. The van der Waals surface area contributed by atoms with Crippen molar-refractivity contribution in [2.45, 2.75) is 50.2 Å². The molecule has 3 N–H and O–H groups in total. The van der Waals surface area contributed by atoms with Crippen LogP contribution in [-0.2, 0) is 9.53 Å². The van der Waals surface area contributed by atoms with Crippen LogP contribution in [0.25, 0.3) is 0 Å². The molecule has 0 aliphatic heterocycles. The monoisotopic (exact) mass is 226 g/mol. The Morgan fingerprint density at radius 2 is 2.00 bits per heavy atom. The summed E-state index contributed by atoms with van der Waals surface area (Å²) in [5.41, 5.74) is 4.90. The Morgan fingerprint density at radius 3 is 2.44 bits per heavy atom. The molecule has 4 nitrogen and oxygen atoms in total. The van der Waals surface area contributed by atoms with Gasteiger partial charge < -0.3 is 15.8 Å². The van der Waals surface area contributed by atoms with E-state index in [2.05, 4.69) is 5.32 Å². The largest absolute Gasteiger partial charge is 0.376 e. The van der Waals surface area contributed by atoms with Gasteiger partial charge in [0.1, 0.15) is 5.54 Å². The van der Waals surface area contributed by atoms with Gasteiger partial charge >= 0.3 is 0 Å². The molecular formula is C12H22N2O2. The molecule has 0 bridgehead atoms. The van der Waals surface area contributed by atoms with Gasteiger partial charge in [0.05, 0.1) is 12.7 Å². The number of carbonyl (C=O) groups is 1. The molecule has 2 aliphatic carbocycles. The summed E-state index contributed by atoms with van der Waals surface area (Å²) in [6.45, 7) is 0.439. The Bertz CT molecular complexity index is 260. The zero-order chi connectivity index (χ0) is 11.6. The van der Waals surface area contributed by atoms with E-state index in [0.29, 0.717) is 18.6 Å². The molecule has 1 amide bonds. The smallest absolute Gasteiger partial charge is 0.240 e. The second-order valence-electron chi connectivity index (χ2n) is 5.08. The summed E-state index contributed by atoms with van der Waals surface area (Å²) in [6, 6.07) is 0. The first-order valence-corrected chi connectivity index (χ1v) is 6.29. The van der Waals surface area contributed by atoms with Gasteiger partial charge in [-0.3, -0.25) is 4.79 Å². The topological polar surface area (TPSA) is 64.3 Å². The molecular weight excluding hydrogens is 204 g/mol. The highest BCUT2D eigenvalue weighted by atomic mass is 16.5. The molecule has 92 valence electrons. The molecule has 0 radical (unpaired) electrons. The van der Waals surface area contributed by atoms with Crippen molar-refractivity contribution in [3.63, 3.8) is 0 Å². The van der Waals surface area contributed by atoms with Crippen LogP contribution in [-0.4, -0.2) is 31.2 Å². The zero-order valence-electron chi connectivity index (χ0n) is 10.00. The van der Waals surface area contributed by atoms with Crippen molar-refractivity contribution in [3.8, 4) is 0 Å². The molecule has 0 saturated heterocycles. The van der Waals surface area contributed by atoms with Gasteiger partial charge in [-0.15, -0.1) is 0 Å². The maximum atomic E-state index is 11.6. The highest BCUT2D eigenvalue weighted by Gasteiger charge is 2.49. The average molecular weight is 226 g/mol. The third kappa shape index (κ3) is 2.23. The normalized spacial score (nSPS) is 25.6. The summed E-state index contributed by atoms with van der Waals surface area (Å²) >= 11 is 0. The number of ether oxygens (including phenoxy) is 1. The fraction of sp³-hybridized carbons (Fsp3) is 0.917. The van der Waals surface area contributed by atoms with Gasteiger partial charge in [0.25, 0.3) is 0 Å². The van der Waals surface area contributed by atoms with Gasteiger partial charge in [-0.25, -0.2) is 0 Å². The van der Waals surface area contributed by atoms with Crippen LogP contribution in [0.3, 0.4) is 0 Å². The van der Waals surface area contributed by atoms with E-state index in [1.807, 2.05) is 0 Å². The Morgan fingerprint density at radius 1 is 1.38 bits per heavy atom. The van der Waals surface area contributed by atoms with Gasteiger partial charge in [0, 0.05) is 0 Å². The Kier molecular flexibility index (Phi) is 3.50. The van der Waals surface area contributed by atoms with Crippen LogP contribution in [0.2, 0.25) is 0 Å². The summed E-state index contributed by atoms with van der Waals surface area (Å²) in [6.07, 6.45) is 7.25. The number of nitrogens with one attached hydrogen (secondary N) is 1. The number of carbonyl (C=O) groups excluding carboxylic acids is 1. The highest BCUT2D eigenvalue weighted by molar-refractivity contribution is 5.85. The molecule has 4 heteroatoms. The fourth-order valence-electron chi connectivity index (χ4n) is 2.67. The molecule has 1 atom stereocenters. The number of likely N-dealkylation sites (N-methyl/N-ethyl adjacent to an activating group) is 1. The predicted molar refractivity (Wildman–Crippen MR) is 61.9 cm³/mol. The minimum atomic E-state index is -0.622. The van der Waals surface area contributed by atoms with Crippen LogP contribution >= 0.6 is 0 Å². The zero-order valence-corrected chi connectivity index (χ0v) is 10.00. The van der Waals surface area contributed by atoms with E-state index >= 15 is 0 Å². The molecule has 16 heavy (non-hydrogen) atoms. The van der Waals surface area contributed by atoms with E-state index in [1.165, 1.54) is 12.8 Å². The van der Waals surface area contributed by atoms with Crippen molar-refractivity contribution in [1.29, 1.82) is 0 Å². The molecule has 2 rings (SSSR count). The quantitative estimate of drug-likeness (QED) is 0.704. The molecule has 0 aromatic carbocycles. The van der Waals surface area contributed by atoms with Crippen molar-refractivity contribution in [2.75, 3.05) is 13.7 Å². The number of nitrogens with two attached hydrogens (primary N) is 1. The number of primary amides is 1. The van der Waals surface area contributed by atoms with Crippen LogP contribution < -0.4 is 11.1 Å². The van der Waals surface area contributed by atoms with E-state index < -0.39 is 5.54 Å². The van der Waals surface area contributed by atoms with E-state index in [4.69, 9.17) is 10.5 Å². The Hall–Kier alpha value is -0.610. The third-order valence-electron chi connectivity index (χ3n) is 4.01. The molecule has 2 fully saturated rings. The van der Waals surface area contributed by atoms with Gasteiger partial charge in [0.15, 0.2) is 0 Å². The lowest BCUT2D eigenvalue weighted by Gasteiger charge is -2.31. The van der Waals surface area contributed by atoms with E-state index in [-0.39, 0.29) is 5.91 Å². The van der Waals surface area contributed by atoms with Crippen LogP contribution in [0.1, 0.15) is 38.5 Å². The average Bonchev–Trinajstić information content (AvgIpc) is 2.97. The second-order valence-corrected chi connectivity index (χ2v) is 5.08. The number of amides is 1. The number of hydrogen-bond acceptors (Lipinski definition) is 3. The minimum Gasteiger partial charge on any atom is -0.376 e. The maximum absolute atomic E-state index is 11.6. The Balaban J connectivity index is 1.93. The highest BCUT2D eigenvalue weighted by Crippen LogP contribution is 2.40. The Labute approximate surface area is 96.9 Å². The van der Waals surface area contributed by atoms with E-state index in [9.17, 15) is 4.79 Å². The summed E-state index contributed by atoms with van der Waals surface area (Å²) in [5, 5.41) is 3.10. The molecule has 0 aromatic rings. The molecule has 0 aromatic heterocycles. The van der Waals surface area contributed by atoms with Crippen LogP contribution in [0.15, 0.2) is 0 Å². The van der Waals surface area contributed by atoms with Crippen LogP contribution in [0.5, 0.6) is 0 Å². The molecule has 0 heterocycles. The third-order valence-corrected chi connectivity index (χ3v) is 4.01. The lowest BCUT2D eigenvalue weighted by Crippen LogP contribution is -2.59. The number of hydrogen-bond donors (Lipinski definition) is 2. The van der Waals surface area contributed by atoms with Crippen molar-refractivity contribution in [3.05, 3.63) is 0 Å². The molecule has 0 spiro atoms. The predicted octanol–water partition coefficient (Wildman–Crippen LogP) is 0.799. The van der Waals surface area contributed by atoms with Crippen molar-refractivity contribution in [1.82, 2.24) is 5.32 Å². The van der Waals surface area contributed by atoms with E-state index in [0.717, 1.165) is 25.7 Å². The molecule has 2 saturated carbocycles. The van der Waals surface area contributed by atoms with E-state index in [1.54, 1.807) is 7.05 Å². The maximum Gasteiger partial charge on any atom is 0.240 e. The summed E-state index contributed by atoms with van der Waals surface area (Å²) in [7, 11) is 1.81. The second kappa shape index (κ2) is 4.72. The minimum absolute atomic E-state index is 0.268. The SMILES string of the molecule is CNC(COC1CCCC1)(C(N)=O)C1CC1.